The van der Waals surface area contributed by atoms with Crippen LogP contribution >= 0.6 is 11.6 Å². The number of methoxy groups -OCH3 is 1. The maximum absolute atomic E-state index is 12.5. The van der Waals surface area contributed by atoms with Crippen LogP contribution in [0.25, 0.3) is 5.69 Å². The lowest BCUT2D eigenvalue weighted by atomic mass is 10.1. The van der Waals surface area contributed by atoms with Gasteiger partial charge in [0.05, 0.1) is 19.0 Å². The van der Waals surface area contributed by atoms with Crippen molar-refractivity contribution in [1.82, 2.24) is 9.78 Å². The van der Waals surface area contributed by atoms with Crippen molar-refractivity contribution in [2.75, 3.05) is 7.11 Å². The van der Waals surface area contributed by atoms with Crippen molar-refractivity contribution in [3.63, 3.8) is 0 Å². The standard InChI is InChI=1S/C20H17ClN2O4/c1-13(19(24)14-8-10-15(21)11-9-14)27-20(25)18-17(26-2)12-23(22-18)16-6-4-3-5-7-16/h3-13H,1-2H3/t13-/m0/s1. The molecule has 0 amide bonds. The van der Waals surface area contributed by atoms with Crippen molar-refractivity contribution in [2.24, 2.45) is 0 Å². The molecule has 0 aliphatic rings. The second-order valence-electron chi connectivity index (χ2n) is 5.74. The smallest absolute Gasteiger partial charge is 0.363 e. The minimum atomic E-state index is -0.981. The van der Waals surface area contributed by atoms with Gasteiger partial charge in [0.25, 0.3) is 0 Å². The van der Waals surface area contributed by atoms with E-state index >= 15 is 0 Å². The highest BCUT2D eigenvalue weighted by atomic mass is 35.5. The molecule has 0 unspecified atom stereocenters. The van der Waals surface area contributed by atoms with E-state index in [0.717, 1.165) is 5.69 Å². The van der Waals surface area contributed by atoms with Gasteiger partial charge in [-0.2, -0.15) is 5.10 Å². The first-order valence-electron chi connectivity index (χ1n) is 8.19. The van der Waals surface area contributed by atoms with Gasteiger partial charge >= 0.3 is 5.97 Å². The highest BCUT2D eigenvalue weighted by Crippen LogP contribution is 2.21. The summed E-state index contributed by atoms with van der Waals surface area (Å²) in [4.78, 5) is 24.9. The fraction of sp³-hybridized carbons (Fsp3) is 0.150. The number of aromatic nitrogens is 2. The minimum Gasteiger partial charge on any atom is -0.493 e. The van der Waals surface area contributed by atoms with E-state index in [2.05, 4.69) is 5.10 Å². The number of para-hydroxylation sites is 1. The van der Waals surface area contributed by atoms with Crippen LogP contribution in [0.3, 0.4) is 0 Å². The molecule has 0 spiro atoms. The molecular formula is C20H17ClN2O4. The number of Topliss-reactive ketones (excluding diaryl/α,β-unsaturated/α-hetero) is 1. The molecule has 0 saturated heterocycles. The molecule has 0 aliphatic carbocycles. The Morgan fingerprint density at radius 1 is 1.07 bits per heavy atom. The summed E-state index contributed by atoms with van der Waals surface area (Å²) in [5.41, 5.74) is 1.17. The number of hydrogen-bond acceptors (Lipinski definition) is 5. The summed E-state index contributed by atoms with van der Waals surface area (Å²) in [6.07, 6.45) is 0.600. The third-order valence-electron chi connectivity index (χ3n) is 3.90. The van der Waals surface area contributed by atoms with E-state index in [1.807, 2.05) is 30.3 Å². The molecular weight excluding hydrogens is 368 g/mol. The summed E-state index contributed by atoms with van der Waals surface area (Å²) in [5.74, 6) is -0.812. The van der Waals surface area contributed by atoms with Crippen molar-refractivity contribution < 1.29 is 19.1 Å². The summed E-state index contributed by atoms with van der Waals surface area (Å²) >= 11 is 5.83. The molecule has 2 aromatic carbocycles. The van der Waals surface area contributed by atoms with Crippen LogP contribution < -0.4 is 4.74 Å². The van der Waals surface area contributed by atoms with E-state index in [-0.39, 0.29) is 17.2 Å². The Bertz CT molecular complexity index is 952. The van der Waals surface area contributed by atoms with Gasteiger partial charge in [-0.25, -0.2) is 9.48 Å². The number of halogens is 1. The molecule has 0 N–H and O–H groups in total. The quantitative estimate of drug-likeness (QED) is 0.475. The van der Waals surface area contributed by atoms with Crippen molar-refractivity contribution in [3.05, 3.63) is 77.1 Å². The zero-order chi connectivity index (χ0) is 19.4. The average Bonchev–Trinajstić information content (AvgIpc) is 3.13. The van der Waals surface area contributed by atoms with Crippen LogP contribution in [0.5, 0.6) is 5.75 Å². The Hall–Kier alpha value is -3.12. The summed E-state index contributed by atoms with van der Waals surface area (Å²) < 4.78 is 12.0. The first kappa shape index (κ1) is 18.7. The predicted octanol–water partition coefficient (Wildman–Crippen LogP) is 3.96. The number of esters is 1. The molecule has 0 radical (unpaired) electrons. The summed E-state index contributed by atoms with van der Waals surface area (Å²) in [7, 11) is 1.44. The summed E-state index contributed by atoms with van der Waals surface area (Å²) in [6, 6.07) is 15.6. The van der Waals surface area contributed by atoms with Gasteiger partial charge in [0, 0.05) is 10.6 Å². The Labute approximate surface area is 161 Å². The summed E-state index contributed by atoms with van der Waals surface area (Å²) in [5, 5.41) is 4.76. The van der Waals surface area contributed by atoms with Gasteiger partial charge < -0.3 is 9.47 Å². The molecule has 7 heteroatoms. The fourth-order valence-electron chi connectivity index (χ4n) is 2.48. The number of carbonyl (C=O) groups excluding carboxylic acids is 2. The van der Waals surface area contributed by atoms with Crippen LogP contribution in [-0.2, 0) is 4.74 Å². The lowest BCUT2D eigenvalue weighted by molar-refractivity contribution is 0.0310. The van der Waals surface area contributed by atoms with Crippen LogP contribution in [0.4, 0.5) is 0 Å². The Morgan fingerprint density at radius 3 is 2.37 bits per heavy atom. The highest BCUT2D eigenvalue weighted by molar-refractivity contribution is 6.30. The van der Waals surface area contributed by atoms with Crippen molar-refractivity contribution in [1.29, 1.82) is 0 Å². The van der Waals surface area contributed by atoms with Gasteiger partial charge in [-0.1, -0.05) is 29.8 Å². The first-order valence-corrected chi connectivity index (χ1v) is 8.57. The number of carbonyl (C=O) groups is 2. The normalized spacial score (nSPS) is 11.7. The second kappa shape index (κ2) is 8.05. The molecule has 1 atom stereocenters. The third-order valence-corrected chi connectivity index (χ3v) is 4.15. The number of rotatable bonds is 6. The Balaban J connectivity index is 1.78. The SMILES string of the molecule is COc1cn(-c2ccccc2)nc1C(=O)O[C@@H](C)C(=O)c1ccc(Cl)cc1. The Kier molecular flexibility index (Phi) is 5.57. The van der Waals surface area contributed by atoms with E-state index in [4.69, 9.17) is 21.1 Å². The molecule has 6 nitrogen and oxygen atoms in total. The van der Waals surface area contributed by atoms with Gasteiger partial charge in [0.15, 0.2) is 11.9 Å². The largest absolute Gasteiger partial charge is 0.493 e. The molecule has 0 bridgehead atoms. The number of ether oxygens (including phenoxy) is 2. The number of ketones is 1. The highest BCUT2D eigenvalue weighted by Gasteiger charge is 2.25. The van der Waals surface area contributed by atoms with E-state index in [0.29, 0.717) is 10.6 Å². The van der Waals surface area contributed by atoms with Crippen LogP contribution in [0.2, 0.25) is 5.02 Å². The molecule has 0 saturated carbocycles. The molecule has 0 aliphatic heterocycles. The van der Waals surface area contributed by atoms with Gasteiger partial charge in [-0.3, -0.25) is 4.79 Å². The van der Waals surface area contributed by atoms with Crippen LogP contribution in [0, 0.1) is 0 Å². The molecule has 1 heterocycles. The molecule has 3 rings (SSSR count). The van der Waals surface area contributed by atoms with Crippen molar-refractivity contribution >= 4 is 23.4 Å². The monoisotopic (exact) mass is 384 g/mol. The van der Waals surface area contributed by atoms with E-state index in [1.165, 1.54) is 18.7 Å². The molecule has 1 aromatic heterocycles. The molecule has 3 aromatic rings. The number of hydrogen-bond donors (Lipinski definition) is 0. The average molecular weight is 385 g/mol. The van der Waals surface area contributed by atoms with E-state index in [9.17, 15) is 9.59 Å². The van der Waals surface area contributed by atoms with Gasteiger partial charge in [-0.15, -0.1) is 0 Å². The zero-order valence-corrected chi connectivity index (χ0v) is 15.5. The van der Waals surface area contributed by atoms with Crippen LogP contribution in [0.15, 0.2) is 60.8 Å². The van der Waals surface area contributed by atoms with E-state index in [1.54, 1.807) is 30.5 Å². The second-order valence-corrected chi connectivity index (χ2v) is 6.18. The van der Waals surface area contributed by atoms with Crippen molar-refractivity contribution in [3.8, 4) is 11.4 Å². The molecule has 27 heavy (non-hydrogen) atoms. The predicted molar refractivity (Wildman–Crippen MR) is 101 cm³/mol. The van der Waals surface area contributed by atoms with Gasteiger partial charge in [-0.05, 0) is 43.3 Å². The summed E-state index contributed by atoms with van der Waals surface area (Å²) in [6.45, 7) is 1.51. The zero-order valence-electron chi connectivity index (χ0n) is 14.8. The molecule has 0 fully saturated rings. The lowest BCUT2D eigenvalue weighted by Crippen LogP contribution is -2.25. The van der Waals surface area contributed by atoms with Crippen LogP contribution in [-0.4, -0.2) is 34.7 Å². The fourth-order valence-corrected chi connectivity index (χ4v) is 2.61. The maximum atomic E-state index is 12.5. The first-order chi connectivity index (χ1) is 13.0. The number of benzene rings is 2. The van der Waals surface area contributed by atoms with Crippen LogP contribution in [0.1, 0.15) is 27.8 Å². The van der Waals surface area contributed by atoms with Crippen molar-refractivity contribution in [2.45, 2.75) is 13.0 Å². The van der Waals surface area contributed by atoms with Gasteiger partial charge in [0.1, 0.15) is 0 Å². The van der Waals surface area contributed by atoms with E-state index < -0.39 is 12.1 Å². The number of nitrogens with zero attached hydrogens (tertiary/aromatic N) is 2. The topological polar surface area (TPSA) is 70.4 Å². The van der Waals surface area contributed by atoms with Gasteiger partial charge in [0.2, 0.25) is 11.5 Å². The Morgan fingerprint density at radius 2 is 1.74 bits per heavy atom. The third kappa shape index (κ3) is 4.17. The maximum Gasteiger partial charge on any atom is 0.363 e. The lowest BCUT2D eigenvalue weighted by Gasteiger charge is -2.12. The minimum absolute atomic E-state index is 0.00268. The molecule has 138 valence electrons.